The Kier molecular flexibility index (Phi) is 10.1. The average Bonchev–Trinajstić information content (AvgIpc) is 2.87. The fourth-order valence-electron chi connectivity index (χ4n) is 3.96. The fourth-order valence-corrected chi connectivity index (χ4v) is 4.45. The quantitative estimate of drug-likeness (QED) is 0.147. The molecule has 12 heteroatoms. The van der Waals surface area contributed by atoms with Crippen LogP contribution in [0.25, 0.3) is 10.8 Å². The zero-order chi connectivity index (χ0) is 27.4. The van der Waals surface area contributed by atoms with Crippen molar-refractivity contribution in [3.8, 4) is 0 Å². The zero-order valence-corrected chi connectivity index (χ0v) is 24.7. The molecule has 0 fully saturated rings. The van der Waals surface area contributed by atoms with Gasteiger partial charge in [0.2, 0.25) is 0 Å². The Labute approximate surface area is 248 Å². The molecule has 0 saturated carbocycles. The van der Waals surface area contributed by atoms with Gasteiger partial charge >= 0.3 is 29.6 Å². The standard InChI is InChI=1S/C27H27N5O5S.Na/c1-17-6-4-5-7-25(17)29-31-27-15-14-26(23-13-12-22(16-24(23)27)38(35,36)37)30-28-20-8-10-21(11-9-20)32(18(2)33)19(3)34;/h4-16,18-19,33-34H,1-3H3,(H,35,36,37);/q;+1/p-1. The number of rotatable bonds is 8. The van der Waals surface area contributed by atoms with E-state index >= 15 is 0 Å². The molecule has 0 spiro atoms. The number of fused-ring (bicyclic) bond motifs is 1. The molecule has 39 heavy (non-hydrogen) atoms. The van der Waals surface area contributed by atoms with Gasteiger partial charge in [-0.15, -0.1) is 10.2 Å². The summed E-state index contributed by atoms with van der Waals surface area (Å²) in [5.41, 5.74) is 3.50. The van der Waals surface area contributed by atoms with E-state index in [1.54, 1.807) is 50.2 Å². The van der Waals surface area contributed by atoms with Gasteiger partial charge in [0, 0.05) is 16.5 Å². The second kappa shape index (κ2) is 12.9. The van der Waals surface area contributed by atoms with Crippen molar-refractivity contribution in [2.45, 2.75) is 38.1 Å². The monoisotopic (exact) mass is 555 g/mol. The third-order valence-electron chi connectivity index (χ3n) is 5.84. The van der Waals surface area contributed by atoms with Gasteiger partial charge < -0.3 is 19.7 Å². The summed E-state index contributed by atoms with van der Waals surface area (Å²) in [6, 6.07) is 21.5. The van der Waals surface area contributed by atoms with Gasteiger partial charge in [-0.2, -0.15) is 10.2 Å². The van der Waals surface area contributed by atoms with Crippen molar-refractivity contribution in [1.82, 2.24) is 0 Å². The van der Waals surface area contributed by atoms with Crippen LogP contribution >= 0.6 is 0 Å². The molecule has 0 amide bonds. The molecule has 0 saturated heterocycles. The van der Waals surface area contributed by atoms with Crippen LogP contribution in [0.4, 0.5) is 28.4 Å². The third-order valence-corrected chi connectivity index (χ3v) is 6.67. The first-order valence-corrected chi connectivity index (χ1v) is 13.1. The maximum absolute atomic E-state index is 11.7. The van der Waals surface area contributed by atoms with E-state index in [2.05, 4.69) is 20.5 Å². The van der Waals surface area contributed by atoms with E-state index in [9.17, 15) is 23.2 Å². The van der Waals surface area contributed by atoms with Crippen LogP contribution < -0.4 is 34.5 Å². The summed E-state index contributed by atoms with van der Waals surface area (Å²) >= 11 is 0. The maximum atomic E-state index is 11.7. The molecule has 0 aliphatic carbocycles. The molecule has 0 bridgehead atoms. The summed E-state index contributed by atoms with van der Waals surface area (Å²) < 4.78 is 35.0. The molecule has 0 aromatic heterocycles. The van der Waals surface area contributed by atoms with Gasteiger partial charge in [-0.05, 0) is 80.9 Å². The number of aryl methyl sites for hydroxylation is 1. The topological polar surface area (TPSA) is 150 Å². The Bertz CT molecular complexity index is 1620. The van der Waals surface area contributed by atoms with Crippen molar-refractivity contribution in [2.75, 3.05) is 4.90 Å². The van der Waals surface area contributed by atoms with Gasteiger partial charge in [0.05, 0.1) is 27.6 Å². The third kappa shape index (κ3) is 7.34. The van der Waals surface area contributed by atoms with E-state index in [0.717, 1.165) is 5.56 Å². The molecule has 4 aromatic rings. The molecule has 2 N–H and O–H groups in total. The number of benzene rings is 4. The molecule has 4 rings (SSSR count). The Morgan fingerprint density at radius 1 is 0.744 bits per heavy atom. The Morgan fingerprint density at radius 2 is 1.31 bits per heavy atom. The number of aliphatic hydroxyl groups excluding tert-OH is 2. The summed E-state index contributed by atoms with van der Waals surface area (Å²) in [7, 11) is -4.69. The van der Waals surface area contributed by atoms with E-state index in [1.807, 2.05) is 31.2 Å². The van der Waals surface area contributed by atoms with Crippen LogP contribution in [0, 0.1) is 6.92 Å². The molecular formula is C27H26N5NaO5S. The van der Waals surface area contributed by atoms with Gasteiger partial charge in [-0.1, -0.05) is 24.3 Å². The molecule has 0 radical (unpaired) electrons. The first kappa shape index (κ1) is 30.5. The van der Waals surface area contributed by atoms with Crippen LogP contribution in [-0.4, -0.2) is 35.6 Å². The predicted octanol–water partition coefficient (Wildman–Crippen LogP) is 3.37. The second-order valence-electron chi connectivity index (χ2n) is 8.64. The van der Waals surface area contributed by atoms with E-state index in [1.165, 1.54) is 23.1 Å². The predicted molar refractivity (Wildman–Crippen MR) is 144 cm³/mol. The van der Waals surface area contributed by atoms with Crippen molar-refractivity contribution in [3.05, 3.63) is 84.4 Å². The first-order chi connectivity index (χ1) is 18.0. The Hall–Kier alpha value is -3.03. The van der Waals surface area contributed by atoms with Crippen molar-refractivity contribution in [2.24, 2.45) is 20.5 Å². The summed E-state index contributed by atoms with van der Waals surface area (Å²) in [6.07, 6.45) is -1.78. The minimum atomic E-state index is -4.69. The maximum Gasteiger partial charge on any atom is 1.00 e. The second-order valence-corrected chi connectivity index (χ2v) is 10.0. The van der Waals surface area contributed by atoms with Crippen LogP contribution in [0.5, 0.6) is 0 Å². The van der Waals surface area contributed by atoms with Crippen LogP contribution in [-0.2, 0) is 10.1 Å². The Balaban J connectivity index is 0.00000420. The van der Waals surface area contributed by atoms with Gasteiger partial charge in [0.15, 0.2) is 0 Å². The molecule has 2 unspecified atom stereocenters. The minimum absolute atomic E-state index is 0. The van der Waals surface area contributed by atoms with Gasteiger partial charge in [-0.25, -0.2) is 8.42 Å². The van der Waals surface area contributed by atoms with Crippen LogP contribution in [0.3, 0.4) is 0 Å². The average molecular weight is 556 g/mol. The van der Waals surface area contributed by atoms with Gasteiger partial charge in [-0.3, -0.25) is 0 Å². The molecule has 2 atom stereocenters. The van der Waals surface area contributed by atoms with E-state index in [-0.39, 0.29) is 34.5 Å². The van der Waals surface area contributed by atoms with Crippen LogP contribution in [0.2, 0.25) is 0 Å². The molecule has 4 aromatic carbocycles. The number of hydrogen-bond donors (Lipinski definition) is 2. The molecule has 10 nitrogen and oxygen atoms in total. The number of azo groups is 2. The number of nitrogens with zero attached hydrogens (tertiary/aromatic N) is 5. The van der Waals surface area contributed by atoms with E-state index in [0.29, 0.717) is 39.2 Å². The van der Waals surface area contributed by atoms with Gasteiger partial charge in [0.1, 0.15) is 22.6 Å². The van der Waals surface area contributed by atoms with Crippen molar-refractivity contribution in [1.29, 1.82) is 0 Å². The van der Waals surface area contributed by atoms with E-state index < -0.39 is 22.6 Å². The Morgan fingerprint density at radius 3 is 1.90 bits per heavy atom. The van der Waals surface area contributed by atoms with E-state index in [4.69, 9.17) is 0 Å². The largest absolute Gasteiger partial charge is 1.00 e. The van der Waals surface area contributed by atoms with Crippen molar-refractivity contribution in [3.63, 3.8) is 0 Å². The molecule has 196 valence electrons. The SMILES string of the molecule is Cc1ccccc1N=Nc1ccc(N=Nc2ccc(N(C(C)O)C(C)O)cc2)c2ccc(S(=O)(=O)[O-])cc12.[Na+]. The van der Waals surface area contributed by atoms with Gasteiger partial charge in [0.25, 0.3) is 0 Å². The zero-order valence-electron chi connectivity index (χ0n) is 21.9. The minimum Gasteiger partial charge on any atom is -0.744 e. The fraction of sp³-hybridized carbons (Fsp3) is 0.185. The van der Waals surface area contributed by atoms with Crippen LogP contribution in [0.15, 0.2) is 104 Å². The molecular weight excluding hydrogens is 529 g/mol. The summed E-state index contributed by atoms with van der Waals surface area (Å²) in [5.74, 6) is 0. The summed E-state index contributed by atoms with van der Waals surface area (Å²) in [5, 5.41) is 38.0. The molecule has 0 heterocycles. The normalized spacial score (nSPS) is 13.5. The number of anilines is 1. The molecule has 0 aliphatic heterocycles. The number of hydrogen-bond acceptors (Lipinski definition) is 10. The van der Waals surface area contributed by atoms with Crippen LogP contribution in [0.1, 0.15) is 19.4 Å². The summed E-state index contributed by atoms with van der Waals surface area (Å²) in [4.78, 5) is 1.04. The first-order valence-electron chi connectivity index (χ1n) is 11.7. The molecule has 0 aliphatic rings. The number of aliphatic hydroxyl groups is 2. The van der Waals surface area contributed by atoms with Crippen molar-refractivity contribution < 1.29 is 52.7 Å². The summed E-state index contributed by atoms with van der Waals surface area (Å²) in [6.45, 7) is 5.01. The van der Waals surface area contributed by atoms with Crippen molar-refractivity contribution >= 4 is 49.3 Å². The smallest absolute Gasteiger partial charge is 0.744 e.